The highest BCUT2D eigenvalue weighted by Gasteiger charge is 2.35. The first kappa shape index (κ1) is 10.9. The predicted octanol–water partition coefficient (Wildman–Crippen LogP) is 1.24. The van der Waals surface area contributed by atoms with Crippen LogP contribution < -0.4 is 0 Å². The van der Waals surface area contributed by atoms with Crippen molar-refractivity contribution in [1.29, 1.82) is 0 Å². The van der Waals surface area contributed by atoms with Crippen molar-refractivity contribution in [2.24, 2.45) is 0 Å². The maximum absolute atomic E-state index is 9.80. The van der Waals surface area contributed by atoms with Gasteiger partial charge in [0.2, 0.25) is 0 Å². The number of aliphatic hydroxyl groups is 1. The van der Waals surface area contributed by atoms with Gasteiger partial charge >= 0.3 is 0 Å². The molecule has 0 amide bonds. The van der Waals surface area contributed by atoms with Gasteiger partial charge in [-0.2, -0.15) is 0 Å². The molecule has 0 aromatic rings. The Kier molecular flexibility index (Phi) is 3.09. The second-order valence-corrected chi connectivity index (χ2v) is 4.69. The Morgan fingerprint density at radius 1 is 1.27 bits per heavy atom. The van der Waals surface area contributed by atoms with Gasteiger partial charge < -0.3 is 9.59 Å². The third-order valence-electron chi connectivity index (χ3n) is 2.14. The van der Waals surface area contributed by atoms with Crippen molar-refractivity contribution in [3.63, 3.8) is 0 Å². The standard InChI is InChI=1S/C9H22NO/c1-7-8(9(2,3)11)10(4,5)6/h8,11H,7H2,1-6H3/q+1. The molecule has 0 bridgehead atoms. The number of hydrogen-bond donors (Lipinski definition) is 1. The van der Waals surface area contributed by atoms with Gasteiger partial charge in [-0.25, -0.2) is 0 Å². The zero-order valence-electron chi connectivity index (χ0n) is 8.68. The second kappa shape index (κ2) is 3.11. The molecular formula is C9H22NO+. The summed E-state index contributed by atoms with van der Waals surface area (Å²) >= 11 is 0. The Morgan fingerprint density at radius 3 is 1.64 bits per heavy atom. The first-order chi connectivity index (χ1) is 4.69. The maximum atomic E-state index is 9.80. The van der Waals surface area contributed by atoms with Gasteiger partial charge in [0.1, 0.15) is 11.6 Å². The van der Waals surface area contributed by atoms with E-state index in [1.807, 2.05) is 13.8 Å². The van der Waals surface area contributed by atoms with Crippen LogP contribution in [0.1, 0.15) is 27.2 Å². The molecule has 0 spiro atoms. The predicted molar refractivity (Wildman–Crippen MR) is 48.4 cm³/mol. The van der Waals surface area contributed by atoms with Crippen LogP contribution in [0, 0.1) is 0 Å². The molecule has 0 aliphatic heterocycles. The van der Waals surface area contributed by atoms with Crippen LogP contribution in [0.4, 0.5) is 0 Å². The molecule has 0 heterocycles. The molecule has 68 valence electrons. The molecule has 0 aliphatic carbocycles. The minimum Gasteiger partial charge on any atom is -0.384 e. The van der Waals surface area contributed by atoms with Gasteiger partial charge in [0, 0.05) is 0 Å². The zero-order valence-corrected chi connectivity index (χ0v) is 8.68. The van der Waals surface area contributed by atoms with Crippen LogP contribution in [0.25, 0.3) is 0 Å². The van der Waals surface area contributed by atoms with E-state index in [-0.39, 0.29) is 0 Å². The molecule has 0 radical (unpaired) electrons. The summed E-state index contributed by atoms with van der Waals surface area (Å²) in [6.07, 6.45) is 1.01. The van der Waals surface area contributed by atoms with E-state index in [0.29, 0.717) is 6.04 Å². The van der Waals surface area contributed by atoms with E-state index < -0.39 is 5.60 Å². The fourth-order valence-corrected chi connectivity index (χ4v) is 2.00. The van der Waals surface area contributed by atoms with Crippen LogP contribution in [-0.4, -0.2) is 42.4 Å². The Balaban J connectivity index is 4.43. The topological polar surface area (TPSA) is 20.2 Å². The van der Waals surface area contributed by atoms with E-state index >= 15 is 0 Å². The Hall–Kier alpha value is -0.0800. The van der Waals surface area contributed by atoms with Crippen LogP contribution >= 0.6 is 0 Å². The summed E-state index contributed by atoms with van der Waals surface area (Å²) in [6.45, 7) is 5.88. The van der Waals surface area contributed by atoms with E-state index in [1.165, 1.54) is 0 Å². The fraction of sp³-hybridized carbons (Fsp3) is 1.00. The average molecular weight is 160 g/mol. The summed E-state index contributed by atoms with van der Waals surface area (Å²) < 4.78 is 0.819. The first-order valence-electron chi connectivity index (χ1n) is 4.23. The van der Waals surface area contributed by atoms with Crippen molar-refractivity contribution in [3.05, 3.63) is 0 Å². The van der Waals surface area contributed by atoms with Gasteiger partial charge in [-0.15, -0.1) is 0 Å². The smallest absolute Gasteiger partial charge is 0.117 e. The fourth-order valence-electron chi connectivity index (χ4n) is 2.00. The molecule has 0 rings (SSSR count). The van der Waals surface area contributed by atoms with Gasteiger partial charge in [-0.3, -0.25) is 0 Å². The van der Waals surface area contributed by atoms with Crippen molar-refractivity contribution in [2.45, 2.75) is 38.8 Å². The van der Waals surface area contributed by atoms with Crippen molar-refractivity contribution in [3.8, 4) is 0 Å². The number of quaternary nitrogens is 1. The van der Waals surface area contributed by atoms with Gasteiger partial charge in [-0.1, -0.05) is 6.92 Å². The lowest BCUT2D eigenvalue weighted by Gasteiger charge is -2.40. The van der Waals surface area contributed by atoms with Crippen molar-refractivity contribution >= 4 is 0 Å². The van der Waals surface area contributed by atoms with Crippen LogP contribution in [0.5, 0.6) is 0 Å². The first-order valence-corrected chi connectivity index (χ1v) is 4.23. The molecule has 1 unspecified atom stereocenters. The van der Waals surface area contributed by atoms with Crippen LogP contribution in [0.3, 0.4) is 0 Å². The van der Waals surface area contributed by atoms with Gasteiger partial charge in [-0.05, 0) is 20.3 Å². The summed E-state index contributed by atoms with van der Waals surface area (Å²) in [5.41, 5.74) is -0.576. The highest BCUT2D eigenvalue weighted by atomic mass is 16.3. The quantitative estimate of drug-likeness (QED) is 0.616. The van der Waals surface area contributed by atoms with Crippen LogP contribution in [-0.2, 0) is 0 Å². The molecule has 2 heteroatoms. The average Bonchev–Trinajstić information content (AvgIpc) is 1.56. The molecule has 0 aromatic heterocycles. The number of hydrogen-bond acceptors (Lipinski definition) is 1. The molecule has 0 fully saturated rings. The largest absolute Gasteiger partial charge is 0.384 e. The van der Waals surface area contributed by atoms with E-state index in [0.717, 1.165) is 10.9 Å². The molecule has 1 atom stereocenters. The highest BCUT2D eigenvalue weighted by molar-refractivity contribution is 4.76. The lowest BCUT2D eigenvalue weighted by atomic mass is 9.94. The summed E-state index contributed by atoms with van der Waals surface area (Å²) in [7, 11) is 6.35. The zero-order chi connectivity index (χ0) is 9.28. The van der Waals surface area contributed by atoms with Gasteiger partial charge in [0.15, 0.2) is 0 Å². The second-order valence-electron chi connectivity index (χ2n) is 4.69. The number of likely N-dealkylation sites (N-methyl/N-ethyl adjacent to an activating group) is 1. The van der Waals surface area contributed by atoms with Crippen molar-refractivity contribution < 1.29 is 9.59 Å². The van der Waals surface area contributed by atoms with Crippen LogP contribution in [0.15, 0.2) is 0 Å². The molecule has 1 N–H and O–H groups in total. The lowest BCUT2D eigenvalue weighted by molar-refractivity contribution is -0.903. The third-order valence-corrected chi connectivity index (χ3v) is 2.14. The minimum atomic E-state index is -0.576. The van der Waals surface area contributed by atoms with E-state index in [2.05, 4.69) is 28.1 Å². The molecule has 2 nitrogen and oxygen atoms in total. The number of rotatable bonds is 3. The molecule has 0 aromatic carbocycles. The molecular weight excluding hydrogens is 138 g/mol. The lowest BCUT2D eigenvalue weighted by Crippen LogP contribution is -2.55. The summed E-state index contributed by atoms with van der Waals surface area (Å²) in [5, 5.41) is 9.80. The maximum Gasteiger partial charge on any atom is 0.117 e. The van der Waals surface area contributed by atoms with E-state index in [9.17, 15) is 5.11 Å². The highest BCUT2D eigenvalue weighted by Crippen LogP contribution is 2.20. The Morgan fingerprint density at radius 2 is 1.64 bits per heavy atom. The Labute approximate surface area is 70.4 Å². The molecule has 0 saturated heterocycles. The number of nitrogens with zero attached hydrogens (tertiary/aromatic N) is 1. The van der Waals surface area contributed by atoms with Gasteiger partial charge in [0.25, 0.3) is 0 Å². The molecule has 0 aliphatic rings. The normalized spacial score (nSPS) is 16.6. The SMILES string of the molecule is CCC(C(C)(C)O)[N+](C)(C)C. The monoisotopic (exact) mass is 160 g/mol. The summed E-state index contributed by atoms with van der Waals surface area (Å²) in [5.74, 6) is 0. The van der Waals surface area contributed by atoms with E-state index in [1.54, 1.807) is 0 Å². The summed E-state index contributed by atoms with van der Waals surface area (Å²) in [4.78, 5) is 0. The van der Waals surface area contributed by atoms with Crippen molar-refractivity contribution in [2.75, 3.05) is 21.1 Å². The van der Waals surface area contributed by atoms with E-state index in [4.69, 9.17) is 0 Å². The van der Waals surface area contributed by atoms with Crippen molar-refractivity contribution in [1.82, 2.24) is 0 Å². The third kappa shape index (κ3) is 3.21. The summed E-state index contributed by atoms with van der Waals surface area (Å²) in [6, 6.07) is 0.308. The molecule has 11 heavy (non-hydrogen) atoms. The molecule has 0 saturated carbocycles. The van der Waals surface area contributed by atoms with Gasteiger partial charge in [0.05, 0.1) is 21.1 Å². The Bertz CT molecular complexity index is 105. The minimum absolute atomic E-state index is 0.308. The van der Waals surface area contributed by atoms with Crippen LogP contribution in [0.2, 0.25) is 0 Å².